The van der Waals surface area contributed by atoms with Gasteiger partial charge in [-0.05, 0) is 30.4 Å². The van der Waals surface area contributed by atoms with Crippen molar-refractivity contribution in [2.24, 2.45) is 5.73 Å². The van der Waals surface area contributed by atoms with E-state index >= 15 is 0 Å². The predicted molar refractivity (Wildman–Crippen MR) is 65.2 cm³/mol. The molecule has 0 aromatic heterocycles. The van der Waals surface area contributed by atoms with E-state index < -0.39 is 11.7 Å². The average molecular weight is 257 g/mol. The van der Waals surface area contributed by atoms with Crippen LogP contribution in [0.5, 0.6) is 0 Å². The van der Waals surface area contributed by atoms with Crippen LogP contribution < -0.4 is 5.73 Å². The lowest BCUT2D eigenvalue weighted by molar-refractivity contribution is -0.138. The van der Waals surface area contributed by atoms with E-state index in [0.717, 1.165) is 38.2 Å². The highest BCUT2D eigenvalue weighted by Gasteiger charge is 2.36. The maximum atomic E-state index is 13.0. The molecule has 1 fully saturated rings. The van der Waals surface area contributed by atoms with E-state index in [-0.39, 0.29) is 12.0 Å². The molecule has 1 nitrogen and oxygen atoms in total. The molecule has 1 aromatic rings. The van der Waals surface area contributed by atoms with Crippen LogP contribution in [0.15, 0.2) is 24.3 Å². The van der Waals surface area contributed by atoms with Gasteiger partial charge in [0.05, 0.1) is 5.56 Å². The molecule has 0 spiro atoms. The fraction of sp³-hybridized carbons (Fsp3) is 0.571. The average Bonchev–Trinajstić information content (AvgIpc) is 2.53. The third kappa shape index (κ3) is 2.86. The fourth-order valence-electron chi connectivity index (χ4n) is 2.80. The van der Waals surface area contributed by atoms with Gasteiger partial charge in [0.15, 0.2) is 0 Å². The summed E-state index contributed by atoms with van der Waals surface area (Å²) in [4.78, 5) is 0. The molecule has 0 heterocycles. The summed E-state index contributed by atoms with van der Waals surface area (Å²) in [6.45, 7) is 0. The van der Waals surface area contributed by atoms with Crippen LogP contribution >= 0.6 is 0 Å². The van der Waals surface area contributed by atoms with Gasteiger partial charge in [-0.25, -0.2) is 0 Å². The highest BCUT2D eigenvalue weighted by molar-refractivity contribution is 5.33. The Kier molecular flexibility index (Phi) is 3.95. The van der Waals surface area contributed by atoms with E-state index in [9.17, 15) is 13.2 Å². The highest BCUT2D eigenvalue weighted by atomic mass is 19.4. The van der Waals surface area contributed by atoms with Gasteiger partial charge in [0, 0.05) is 6.04 Å². The number of hydrogen-bond donors (Lipinski definition) is 1. The molecule has 2 N–H and O–H groups in total. The minimum Gasteiger partial charge on any atom is -0.327 e. The maximum Gasteiger partial charge on any atom is 0.416 e. The van der Waals surface area contributed by atoms with Crippen LogP contribution in [0, 0.1) is 0 Å². The molecule has 0 aliphatic heterocycles. The van der Waals surface area contributed by atoms with Gasteiger partial charge < -0.3 is 5.73 Å². The molecule has 1 aliphatic rings. The summed E-state index contributed by atoms with van der Waals surface area (Å²) in [5.74, 6) is -0.162. The molecule has 18 heavy (non-hydrogen) atoms. The third-order valence-corrected chi connectivity index (χ3v) is 3.74. The van der Waals surface area contributed by atoms with E-state index in [4.69, 9.17) is 5.73 Å². The molecular weight excluding hydrogens is 239 g/mol. The predicted octanol–water partition coefficient (Wildman–Crippen LogP) is 4.08. The van der Waals surface area contributed by atoms with Crippen molar-refractivity contribution >= 4 is 0 Å². The Morgan fingerprint density at radius 1 is 1.00 bits per heavy atom. The molecular formula is C14H18F3N. The van der Waals surface area contributed by atoms with Gasteiger partial charge in [-0.2, -0.15) is 13.2 Å². The van der Waals surface area contributed by atoms with Gasteiger partial charge in [-0.1, -0.05) is 37.5 Å². The summed E-state index contributed by atoms with van der Waals surface area (Å²) in [5.41, 5.74) is 5.91. The summed E-state index contributed by atoms with van der Waals surface area (Å²) in [6, 6.07) is 5.69. The molecule has 0 bridgehead atoms. The van der Waals surface area contributed by atoms with Crippen molar-refractivity contribution in [1.82, 2.24) is 0 Å². The second-order valence-corrected chi connectivity index (χ2v) is 4.99. The van der Waals surface area contributed by atoms with Crippen molar-refractivity contribution in [2.75, 3.05) is 0 Å². The molecule has 1 aliphatic carbocycles. The zero-order chi connectivity index (χ0) is 13.2. The number of halogens is 3. The number of alkyl halides is 3. The minimum absolute atomic E-state index is 0.156. The van der Waals surface area contributed by atoms with Crippen molar-refractivity contribution in [3.05, 3.63) is 35.4 Å². The fourth-order valence-corrected chi connectivity index (χ4v) is 2.80. The minimum atomic E-state index is -4.29. The van der Waals surface area contributed by atoms with Crippen molar-refractivity contribution < 1.29 is 13.2 Å². The van der Waals surface area contributed by atoms with Crippen molar-refractivity contribution in [1.29, 1.82) is 0 Å². The van der Waals surface area contributed by atoms with Crippen LogP contribution in [0.25, 0.3) is 0 Å². The molecule has 1 aromatic carbocycles. The van der Waals surface area contributed by atoms with Crippen molar-refractivity contribution in [3.8, 4) is 0 Å². The summed E-state index contributed by atoms with van der Waals surface area (Å²) in [5, 5.41) is 0. The Bertz CT molecular complexity index is 400. The van der Waals surface area contributed by atoms with Gasteiger partial charge in [0.2, 0.25) is 0 Å². The molecule has 0 unspecified atom stereocenters. The molecule has 0 saturated heterocycles. The first-order valence-electron chi connectivity index (χ1n) is 6.42. The molecule has 4 heteroatoms. The second kappa shape index (κ2) is 5.31. The lowest BCUT2D eigenvalue weighted by Crippen LogP contribution is -2.29. The van der Waals surface area contributed by atoms with E-state index in [2.05, 4.69) is 0 Å². The zero-order valence-electron chi connectivity index (χ0n) is 10.2. The second-order valence-electron chi connectivity index (χ2n) is 4.99. The zero-order valence-corrected chi connectivity index (χ0v) is 10.2. The van der Waals surface area contributed by atoms with Gasteiger partial charge in [-0.15, -0.1) is 0 Å². The molecule has 1 saturated carbocycles. The topological polar surface area (TPSA) is 26.0 Å². The van der Waals surface area contributed by atoms with E-state index in [1.165, 1.54) is 6.07 Å². The summed E-state index contributed by atoms with van der Waals surface area (Å²) >= 11 is 0. The van der Waals surface area contributed by atoms with Crippen LogP contribution in [-0.2, 0) is 6.18 Å². The summed E-state index contributed by atoms with van der Waals surface area (Å²) in [7, 11) is 0. The Morgan fingerprint density at radius 3 is 2.39 bits per heavy atom. The van der Waals surface area contributed by atoms with Gasteiger partial charge in [0.1, 0.15) is 0 Å². The monoisotopic (exact) mass is 257 g/mol. The Hall–Kier alpha value is -1.03. The van der Waals surface area contributed by atoms with Crippen LogP contribution in [0.3, 0.4) is 0 Å². The first-order valence-corrected chi connectivity index (χ1v) is 6.42. The van der Waals surface area contributed by atoms with Crippen LogP contribution in [0.4, 0.5) is 13.2 Å². The SMILES string of the molecule is N[C@@H]1CCCCC[C@@H]1c1ccccc1C(F)(F)F. The molecule has 0 radical (unpaired) electrons. The first kappa shape index (κ1) is 13.4. The number of nitrogens with two attached hydrogens (primary N) is 1. The van der Waals surface area contributed by atoms with E-state index in [1.54, 1.807) is 12.1 Å². The largest absolute Gasteiger partial charge is 0.416 e. The van der Waals surface area contributed by atoms with Crippen LogP contribution in [0.2, 0.25) is 0 Å². The van der Waals surface area contributed by atoms with Crippen LogP contribution in [-0.4, -0.2) is 6.04 Å². The van der Waals surface area contributed by atoms with Gasteiger partial charge >= 0.3 is 6.18 Å². The first-order chi connectivity index (χ1) is 8.50. The number of benzene rings is 1. The van der Waals surface area contributed by atoms with Crippen molar-refractivity contribution in [2.45, 2.75) is 50.2 Å². The Balaban J connectivity index is 2.37. The molecule has 100 valence electrons. The van der Waals surface area contributed by atoms with Crippen LogP contribution in [0.1, 0.15) is 49.1 Å². The van der Waals surface area contributed by atoms with E-state index in [0.29, 0.717) is 5.56 Å². The number of rotatable bonds is 1. The van der Waals surface area contributed by atoms with Gasteiger partial charge in [0.25, 0.3) is 0 Å². The lowest BCUT2D eigenvalue weighted by atomic mass is 9.85. The Labute approximate surface area is 105 Å². The molecule has 2 rings (SSSR count). The Morgan fingerprint density at radius 2 is 1.67 bits per heavy atom. The third-order valence-electron chi connectivity index (χ3n) is 3.74. The smallest absolute Gasteiger partial charge is 0.327 e. The standard InChI is InChI=1S/C14H18F3N/c15-14(16,17)12-8-5-4-6-10(12)11-7-2-1-3-9-13(11)18/h4-6,8,11,13H,1-3,7,9,18H2/t11-,13-/m1/s1. The summed E-state index contributed by atoms with van der Waals surface area (Å²) < 4.78 is 39.0. The highest BCUT2D eigenvalue weighted by Crippen LogP contribution is 2.39. The normalized spacial score (nSPS) is 25.8. The lowest BCUT2D eigenvalue weighted by Gasteiger charge is -2.25. The molecule has 2 atom stereocenters. The summed E-state index contributed by atoms with van der Waals surface area (Å²) in [6.07, 6.45) is 0.336. The molecule has 0 amide bonds. The van der Waals surface area contributed by atoms with E-state index in [1.807, 2.05) is 0 Å². The van der Waals surface area contributed by atoms with Gasteiger partial charge in [-0.3, -0.25) is 0 Å². The maximum absolute atomic E-state index is 13.0. The quantitative estimate of drug-likeness (QED) is 0.754. The van der Waals surface area contributed by atoms with Crippen molar-refractivity contribution in [3.63, 3.8) is 0 Å². The number of hydrogen-bond acceptors (Lipinski definition) is 1.